The van der Waals surface area contributed by atoms with Crippen molar-refractivity contribution < 1.29 is 0 Å². The number of likely N-dealkylation sites (N-methyl/N-ethyl adjacent to an activating group) is 1. The van der Waals surface area contributed by atoms with E-state index in [1.54, 1.807) is 0 Å². The van der Waals surface area contributed by atoms with Crippen molar-refractivity contribution in [2.45, 2.75) is 13.3 Å². The smallest absolute Gasteiger partial charge is 0.119 e. The minimum absolute atomic E-state index is 0.624. The van der Waals surface area contributed by atoms with Gasteiger partial charge in [-0.25, -0.2) is 4.99 Å². The third-order valence-electron chi connectivity index (χ3n) is 3.18. The fraction of sp³-hybridized carbons (Fsp3) is 0.583. The SMILES string of the molecule is CCN1CCN(C2=CCC=C(N)N=C2)CC1. The summed E-state index contributed by atoms with van der Waals surface area (Å²) in [6, 6.07) is 0. The van der Waals surface area contributed by atoms with E-state index in [1.165, 1.54) is 5.70 Å². The molecule has 2 aliphatic rings. The first-order valence-electron chi connectivity index (χ1n) is 5.96. The van der Waals surface area contributed by atoms with Crippen LogP contribution in [0.2, 0.25) is 0 Å². The summed E-state index contributed by atoms with van der Waals surface area (Å²) in [6.45, 7) is 7.83. The molecule has 0 amide bonds. The van der Waals surface area contributed by atoms with Crippen LogP contribution in [-0.2, 0) is 0 Å². The minimum Gasteiger partial charge on any atom is -0.384 e. The van der Waals surface area contributed by atoms with Gasteiger partial charge in [0, 0.05) is 26.2 Å². The van der Waals surface area contributed by atoms with Gasteiger partial charge in [-0.15, -0.1) is 0 Å². The number of aliphatic imine (C=N–C) groups is 1. The number of hydrogen-bond acceptors (Lipinski definition) is 4. The zero-order valence-corrected chi connectivity index (χ0v) is 9.89. The van der Waals surface area contributed by atoms with E-state index < -0.39 is 0 Å². The Bertz CT molecular complexity index is 322. The highest BCUT2D eigenvalue weighted by Crippen LogP contribution is 2.11. The van der Waals surface area contributed by atoms with Crippen LogP contribution in [0.1, 0.15) is 13.3 Å². The van der Waals surface area contributed by atoms with E-state index in [1.807, 2.05) is 12.3 Å². The third kappa shape index (κ3) is 2.64. The van der Waals surface area contributed by atoms with E-state index in [2.05, 4.69) is 27.8 Å². The van der Waals surface area contributed by atoms with Crippen LogP contribution in [0.25, 0.3) is 0 Å². The molecule has 4 heteroatoms. The maximum absolute atomic E-state index is 5.67. The van der Waals surface area contributed by atoms with E-state index in [0.717, 1.165) is 39.1 Å². The molecule has 0 aromatic carbocycles. The van der Waals surface area contributed by atoms with Crippen molar-refractivity contribution in [3.63, 3.8) is 0 Å². The molecule has 2 N–H and O–H groups in total. The summed E-state index contributed by atoms with van der Waals surface area (Å²) in [5.41, 5.74) is 6.89. The van der Waals surface area contributed by atoms with Crippen LogP contribution in [-0.4, -0.2) is 48.7 Å². The summed E-state index contributed by atoms with van der Waals surface area (Å²) in [7, 11) is 0. The fourth-order valence-electron chi connectivity index (χ4n) is 2.08. The monoisotopic (exact) mass is 220 g/mol. The first kappa shape index (κ1) is 11.2. The van der Waals surface area contributed by atoms with Gasteiger partial charge in [-0.1, -0.05) is 13.0 Å². The van der Waals surface area contributed by atoms with E-state index in [4.69, 9.17) is 5.73 Å². The van der Waals surface area contributed by atoms with Gasteiger partial charge in [-0.3, -0.25) is 0 Å². The predicted octanol–water partition coefficient (Wildman–Crippen LogP) is 0.782. The van der Waals surface area contributed by atoms with Crippen LogP contribution in [0.4, 0.5) is 0 Å². The summed E-state index contributed by atoms with van der Waals surface area (Å²) in [4.78, 5) is 9.07. The number of hydrogen-bond donors (Lipinski definition) is 1. The molecular weight excluding hydrogens is 200 g/mol. The van der Waals surface area contributed by atoms with Crippen LogP contribution >= 0.6 is 0 Å². The molecule has 1 saturated heterocycles. The topological polar surface area (TPSA) is 44.9 Å². The van der Waals surface area contributed by atoms with Crippen molar-refractivity contribution in [2.24, 2.45) is 10.7 Å². The van der Waals surface area contributed by atoms with Crippen molar-refractivity contribution in [2.75, 3.05) is 32.7 Å². The predicted molar refractivity (Wildman–Crippen MR) is 67.1 cm³/mol. The summed E-state index contributed by atoms with van der Waals surface area (Å²) in [5, 5.41) is 0. The van der Waals surface area contributed by atoms with Gasteiger partial charge in [0.05, 0.1) is 11.9 Å². The van der Waals surface area contributed by atoms with E-state index in [-0.39, 0.29) is 0 Å². The van der Waals surface area contributed by atoms with Gasteiger partial charge in [0.15, 0.2) is 0 Å². The molecule has 2 aliphatic heterocycles. The van der Waals surface area contributed by atoms with Gasteiger partial charge in [-0.05, 0) is 19.0 Å². The Morgan fingerprint density at radius 1 is 1.25 bits per heavy atom. The maximum atomic E-state index is 5.67. The molecular formula is C12H20N4. The molecule has 0 radical (unpaired) electrons. The standard InChI is InChI=1S/C12H20N4/c1-2-15-6-8-16(9-7-15)11-4-3-5-12(13)14-10-11/h4-5,10H,2-3,6-9,13H2,1H3. The average Bonchev–Trinajstić information content (AvgIpc) is 2.54. The highest BCUT2D eigenvalue weighted by molar-refractivity contribution is 5.79. The van der Waals surface area contributed by atoms with Crippen LogP contribution < -0.4 is 5.73 Å². The molecule has 0 atom stereocenters. The van der Waals surface area contributed by atoms with Crippen molar-refractivity contribution >= 4 is 6.21 Å². The van der Waals surface area contributed by atoms with E-state index in [0.29, 0.717) is 5.82 Å². The number of rotatable bonds is 2. The maximum Gasteiger partial charge on any atom is 0.119 e. The molecule has 0 aromatic heterocycles. The largest absolute Gasteiger partial charge is 0.384 e. The molecule has 0 saturated carbocycles. The first-order valence-corrected chi connectivity index (χ1v) is 5.96. The van der Waals surface area contributed by atoms with Gasteiger partial charge in [-0.2, -0.15) is 0 Å². The second kappa shape index (κ2) is 5.16. The Hall–Kier alpha value is -1.29. The van der Waals surface area contributed by atoms with Crippen LogP contribution in [0.15, 0.2) is 28.7 Å². The van der Waals surface area contributed by atoms with Crippen molar-refractivity contribution in [3.8, 4) is 0 Å². The molecule has 2 rings (SSSR count). The highest BCUT2D eigenvalue weighted by atomic mass is 15.3. The van der Waals surface area contributed by atoms with Crippen LogP contribution in [0, 0.1) is 0 Å². The molecule has 4 nitrogen and oxygen atoms in total. The lowest BCUT2D eigenvalue weighted by atomic mass is 10.2. The molecule has 0 bridgehead atoms. The minimum atomic E-state index is 0.624. The normalized spacial score (nSPS) is 22.7. The highest BCUT2D eigenvalue weighted by Gasteiger charge is 2.16. The van der Waals surface area contributed by atoms with Gasteiger partial charge < -0.3 is 15.5 Å². The van der Waals surface area contributed by atoms with Gasteiger partial charge in [0.2, 0.25) is 0 Å². The molecule has 0 aromatic rings. The molecule has 0 spiro atoms. The Morgan fingerprint density at radius 3 is 2.69 bits per heavy atom. The lowest BCUT2D eigenvalue weighted by Crippen LogP contribution is -2.45. The van der Waals surface area contributed by atoms with Gasteiger partial charge in [0.25, 0.3) is 0 Å². The fourth-order valence-corrected chi connectivity index (χ4v) is 2.08. The molecule has 2 heterocycles. The molecule has 16 heavy (non-hydrogen) atoms. The van der Waals surface area contributed by atoms with Crippen LogP contribution in [0.3, 0.4) is 0 Å². The zero-order chi connectivity index (χ0) is 11.4. The zero-order valence-electron chi connectivity index (χ0n) is 9.89. The lowest BCUT2D eigenvalue weighted by Gasteiger charge is -2.35. The quantitative estimate of drug-likeness (QED) is 0.748. The lowest BCUT2D eigenvalue weighted by molar-refractivity contribution is 0.170. The Labute approximate surface area is 97.1 Å². The van der Waals surface area contributed by atoms with E-state index >= 15 is 0 Å². The Balaban J connectivity index is 1.95. The molecule has 0 unspecified atom stereocenters. The number of allylic oxidation sites excluding steroid dienone is 3. The van der Waals surface area contributed by atoms with Gasteiger partial charge >= 0.3 is 0 Å². The summed E-state index contributed by atoms with van der Waals surface area (Å²) in [5.74, 6) is 0.624. The summed E-state index contributed by atoms with van der Waals surface area (Å²) in [6.07, 6.45) is 6.92. The van der Waals surface area contributed by atoms with Crippen molar-refractivity contribution in [1.82, 2.24) is 9.80 Å². The Kier molecular flexibility index (Phi) is 3.62. The second-order valence-electron chi connectivity index (χ2n) is 4.17. The van der Waals surface area contributed by atoms with Gasteiger partial charge in [0.1, 0.15) is 5.82 Å². The number of nitrogens with two attached hydrogens (primary N) is 1. The van der Waals surface area contributed by atoms with E-state index in [9.17, 15) is 0 Å². The summed E-state index contributed by atoms with van der Waals surface area (Å²) < 4.78 is 0. The van der Waals surface area contributed by atoms with Crippen molar-refractivity contribution in [1.29, 1.82) is 0 Å². The number of nitrogens with zero attached hydrogens (tertiary/aromatic N) is 3. The number of piperazine rings is 1. The van der Waals surface area contributed by atoms with Crippen LogP contribution in [0.5, 0.6) is 0 Å². The molecule has 88 valence electrons. The summed E-state index contributed by atoms with van der Waals surface area (Å²) >= 11 is 0. The third-order valence-corrected chi connectivity index (χ3v) is 3.18. The van der Waals surface area contributed by atoms with Crippen molar-refractivity contribution in [3.05, 3.63) is 23.7 Å². The average molecular weight is 220 g/mol. The first-order chi connectivity index (χ1) is 7.79. The molecule has 1 fully saturated rings. The molecule has 0 aliphatic carbocycles. The second-order valence-corrected chi connectivity index (χ2v) is 4.17. The Morgan fingerprint density at radius 2 is 2.00 bits per heavy atom.